The predicted octanol–water partition coefficient (Wildman–Crippen LogP) is 4.75. The fourth-order valence-corrected chi connectivity index (χ4v) is 4.96. The number of nitrogens with one attached hydrogen (secondary N) is 1. The fourth-order valence-electron chi connectivity index (χ4n) is 4.96. The Morgan fingerprint density at radius 1 is 1.00 bits per heavy atom. The Bertz CT molecular complexity index is 1360. The van der Waals surface area contributed by atoms with E-state index in [0.29, 0.717) is 12.1 Å². The van der Waals surface area contributed by atoms with Gasteiger partial charge in [-0.1, -0.05) is 24.3 Å². The van der Waals surface area contributed by atoms with Crippen LogP contribution < -0.4 is 14.4 Å². The Morgan fingerprint density at radius 2 is 1.79 bits per heavy atom. The highest BCUT2D eigenvalue weighted by Crippen LogP contribution is 2.42. The number of aromatic amines is 1. The van der Waals surface area contributed by atoms with Crippen molar-refractivity contribution in [1.82, 2.24) is 9.88 Å². The third kappa shape index (κ3) is 3.21. The monoisotopic (exact) mass is 439 g/mol. The van der Waals surface area contributed by atoms with E-state index in [4.69, 9.17) is 9.47 Å². The minimum absolute atomic E-state index is 0.0206. The van der Waals surface area contributed by atoms with E-state index in [1.54, 1.807) is 0 Å². The molecular formula is C27H25N3O3. The lowest BCUT2D eigenvalue weighted by atomic mass is 9.91. The standard InChI is InChI=1S/C27H25N3O3/c1-29(2)19-10-7-17(8-11-19)27(31)30-14-13-21-20-5-3-4-6-22(20)28-25(21)26(30)18-9-12-23-24(15-18)33-16-32-23/h3-12,15,26,28H,13-14,16H2,1-2H3. The average Bonchev–Trinajstić information content (AvgIpc) is 3.47. The summed E-state index contributed by atoms with van der Waals surface area (Å²) < 4.78 is 11.2. The lowest BCUT2D eigenvalue weighted by Crippen LogP contribution is -2.40. The van der Waals surface area contributed by atoms with E-state index >= 15 is 0 Å². The second kappa shape index (κ2) is 7.59. The van der Waals surface area contributed by atoms with Gasteiger partial charge in [0.2, 0.25) is 6.79 Å². The van der Waals surface area contributed by atoms with Crippen molar-refractivity contribution in [1.29, 1.82) is 0 Å². The van der Waals surface area contributed by atoms with E-state index in [-0.39, 0.29) is 18.7 Å². The Hall–Kier alpha value is -3.93. The molecule has 6 nitrogen and oxygen atoms in total. The first-order valence-electron chi connectivity index (χ1n) is 11.2. The summed E-state index contributed by atoms with van der Waals surface area (Å²) >= 11 is 0. The lowest BCUT2D eigenvalue weighted by molar-refractivity contribution is 0.0691. The third-order valence-electron chi connectivity index (χ3n) is 6.64. The van der Waals surface area contributed by atoms with Gasteiger partial charge in [-0.05, 0) is 60.0 Å². The molecule has 3 heterocycles. The van der Waals surface area contributed by atoms with Crippen LogP contribution in [-0.2, 0) is 6.42 Å². The van der Waals surface area contributed by atoms with Crippen LogP contribution in [0.5, 0.6) is 11.5 Å². The van der Waals surface area contributed by atoms with Gasteiger partial charge in [-0.25, -0.2) is 0 Å². The normalized spacial score (nSPS) is 16.7. The van der Waals surface area contributed by atoms with Gasteiger partial charge >= 0.3 is 0 Å². The molecule has 1 N–H and O–H groups in total. The van der Waals surface area contributed by atoms with E-state index in [9.17, 15) is 4.79 Å². The molecule has 6 heteroatoms. The zero-order valence-electron chi connectivity index (χ0n) is 18.7. The van der Waals surface area contributed by atoms with E-state index in [0.717, 1.165) is 40.4 Å². The topological polar surface area (TPSA) is 57.8 Å². The van der Waals surface area contributed by atoms with Gasteiger partial charge in [0, 0.05) is 48.5 Å². The number of hydrogen-bond donors (Lipinski definition) is 1. The second-order valence-corrected chi connectivity index (χ2v) is 8.77. The third-order valence-corrected chi connectivity index (χ3v) is 6.64. The molecule has 2 aliphatic heterocycles. The summed E-state index contributed by atoms with van der Waals surface area (Å²) in [6, 6.07) is 21.9. The summed E-state index contributed by atoms with van der Waals surface area (Å²) in [4.78, 5) is 21.4. The number of rotatable bonds is 3. The zero-order valence-corrected chi connectivity index (χ0v) is 18.7. The van der Waals surface area contributed by atoms with Crippen molar-refractivity contribution in [3.63, 3.8) is 0 Å². The lowest BCUT2D eigenvalue weighted by Gasteiger charge is -2.36. The molecule has 0 saturated heterocycles. The Balaban J connectivity index is 1.46. The van der Waals surface area contributed by atoms with E-state index in [1.165, 1.54) is 10.9 Å². The SMILES string of the molecule is CN(C)c1ccc(C(=O)N2CCc3c([nH]c4ccccc34)C2c2ccc3c(c2)OCO3)cc1. The minimum atomic E-state index is -0.239. The molecule has 1 atom stereocenters. The quantitative estimate of drug-likeness (QED) is 0.501. The first kappa shape index (κ1) is 19.7. The number of carbonyl (C=O) groups is 1. The van der Waals surface area contributed by atoms with Gasteiger partial charge in [-0.15, -0.1) is 0 Å². The molecule has 6 rings (SSSR count). The van der Waals surface area contributed by atoms with Crippen molar-refractivity contribution in [2.75, 3.05) is 32.3 Å². The highest BCUT2D eigenvalue weighted by Gasteiger charge is 2.35. The van der Waals surface area contributed by atoms with Crippen LogP contribution in [0.4, 0.5) is 5.69 Å². The highest BCUT2D eigenvalue weighted by atomic mass is 16.7. The predicted molar refractivity (Wildman–Crippen MR) is 128 cm³/mol. The molecule has 1 unspecified atom stereocenters. The largest absolute Gasteiger partial charge is 0.454 e. The van der Waals surface area contributed by atoms with E-state index in [2.05, 4.69) is 23.2 Å². The van der Waals surface area contributed by atoms with Gasteiger partial charge in [0.25, 0.3) is 5.91 Å². The zero-order chi connectivity index (χ0) is 22.5. The van der Waals surface area contributed by atoms with E-state index in [1.807, 2.05) is 72.4 Å². The molecule has 0 bridgehead atoms. The van der Waals surface area contributed by atoms with Gasteiger partial charge in [-0.2, -0.15) is 0 Å². The number of H-pyrrole nitrogens is 1. The van der Waals surface area contributed by atoms with E-state index < -0.39 is 0 Å². The van der Waals surface area contributed by atoms with Crippen LogP contribution in [-0.4, -0.2) is 43.2 Å². The molecule has 166 valence electrons. The molecule has 0 radical (unpaired) electrons. The van der Waals surface area contributed by atoms with Crippen molar-refractivity contribution >= 4 is 22.5 Å². The smallest absolute Gasteiger partial charge is 0.254 e. The van der Waals surface area contributed by atoms with Gasteiger partial charge in [0.1, 0.15) is 0 Å². The summed E-state index contributed by atoms with van der Waals surface area (Å²) in [7, 11) is 3.99. The Labute approximate surface area is 192 Å². The summed E-state index contributed by atoms with van der Waals surface area (Å²) in [6.07, 6.45) is 0.807. The molecule has 0 saturated carbocycles. The summed E-state index contributed by atoms with van der Waals surface area (Å²) in [5.41, 5.74) is 6.20. The number of hydrogen-bond acceptors (Lipinski definition) is 4. The maximum absolute atomic E-state index is 13.8. The van der Waals surface area contributed by atoms with Crippen molar-refractivity contribution in [2.24, 2.45) is 0 Å². The number of carbonyl (C=O) groups excluding carboxylic acids is 1. The molecule has 1 aromatic heterocycles. The Morgan fingerprint density at radius 3 is 2.61 bits per heavy atom. The van der Waals surface area contributed by atoms with Gasteiger partial charge in [0.15, 0.2) is 11.5 Å². The second-order valence-electron chi connectivity index (χ2n) is 8.77. The van der Waals surface area contributed by atoms with Crippen LogP contribution in [0.2, 0.25) is 0 Å². The summed E-state index contributed by atoms with van der Waals surface area (Å²) in [5.74, 6) is 1.48. The van der Waals surface area contributed by atoms with Crippen molar-refractivity contribution in [3.8, 4) is 11.5 Å². The first-order chi connectivity index (χ1) is 16.1. The highest BCUT2D eigenvalue weighted by molar-refractivity contribution is 5.96. The van der Waals surface area contributed by atoms with Crippen LogP contribution in [0.25, 0.3) is 10.9 Å². The fraction of sp³-hybridized carbons (Fsp3) is 0.222. The van der Waals surface area contributed by atoms with Gasteiger partial charge < -0.3 is 24.3 Å². The molecular weight excluding hydrogens is 414 g/mol. The average molecular weight is 440 g/mol. The molecule has 4 aromatic rings. The molecule has 0 fully saturated rings. The van der Waals surface area contributed by atoms with Crippen LogP contribution in [0, 0.1) is 0 Å². The number of anilines is 1. The molecule has 3 aromatic carbocycles. The number of aromatic nitrogens is 1. The maximum atomic E-state index is 13.8. The molecule has 0 spiro atoms. The van der Waals surface area contributed by atoms with Crippen LogP contribution in [0.15, 0.2) is 66.7 Å². The molecule has 33 heavy (non-hydrogen) atoms. The van der Waals surface area contributed by atoms with Crippen LogP contribution in [0.1, 0.15) is 33.2 Å². The number of fused-ring (bicyclic) bond motifs is 4. The maximum Gasteiger partial charge on any atom is 0.254 e. The number of nitrogens with zero attached hydrogens (tertiary/aromatic N) is 2. The number of benzene rings is 3. The van der Waals surface area contributed by atoms with Crippen molar-refractivity contribution in [2.45, 2.75) is 12.5 Å². The summed E-state index contributed by atoms with van der Waals surface area (Å²) in [5, 5.41) is 1.22. The van der Waals surface area contributed by atoms with Gasteiger partial charge in [-0.3, -0.25) is 4.79 Å². The molecule has 0 aliphatic carbocycles. The Kier molecular flexibility index (Phi) is 4.54. The number of para-hydroxylation sites is 1. The van der Waals surface area contributed by atoms with Crippen LogP contribution >= 0.6 is 0 Å². The number of ether oxygens (including phenoxy) is 2. The van der Waals surface area contributed by atoms with Crippen molar-refractivity contribution < 1.29 is 14.3 Å². The number of amides is 1. The van der Waals surface area contributed by atoms with Crippen molar-refractivity contribution in [3.05, 3.63) is 89.1 Å². The first-order valence-corrected chi connectivity index (χ1v) is 11.2. The molecule has 2 aliphatic rings. The summed E-state index contributed by atoms with van der Waals surface area (Å²) in [6.45, 7) is 0.865. The molecule has 1 amide bonds. The van der Waals surface area contributed by atoms with Gasteiger partial charge in [0.05, 0.1) is 6.04 Å². The minimum Gasteiger partial charge on any atom is -0.454 e. The van der Waals surface area contributed by atoms with Crippen LogP contribution in [0.3, 0.4) is 0 Å².